The van der Waals surface area contributed by atoms with E-state index in [0.717, 1.165) is 86.8 Å². The van der Waals surface area contributed by atoms with Crippen LogP contribution in [0, 0.1) is 0 Å². The molecule has 8 nitrogen and oxygen atoms in total. The van der Waals surface area contributed by atoms with Crippen LogP contribution in [0.1, 0.15) is 150 Å². The van der Waals surface area contributed by atoms with Crippen LogP contribution < -0.4 is 9.47 Å². The van der Waals surface area contributed by atoms with E-state index in [-0.39, 0.29) is 33.2 Å². The molecule has 0 amide bonds. The molecule has 0 atom stereocenters. The van der Waals surface area contributed by atoms with Crippen molar-refractivity contribution in [1.29, 1.82) is 0 Å². The number of aromatic nitrogens is 4. The van der Waals surface area contributed by atoms with Gasteiger partial charge in [-0.15, -0.1) is 45.3 Å². The summed E-state index contributed by atoms with van der Waals surface area (Å²) in [5.74, 6) is 2.78. The average Bonchev–Trinajstić information content (AvgIpc) is 4.10. The first kappa shape index (κ1) is 47.7. The summed E-state index contributed by atoms with van der Waals surface area (Å²) in [5.41, 5.74) is 10.4. The van der Waals surface area contributed by atoms with Gasteiger partial charge in [0.25, 0.3) is 0 Å². The molecule has 4 aromatic carbocycles. The summed E-state index contributed by atoms with van der Waals surface area (Å²) in [6, 6.07) is 17.6. The Morgan fingerprint density at radius 2 is 0.676 bits per heavy atom. The Labute approximate surface area is 416 Å². The van der Waals surface area contributed by atoms with Crippen LogP contribution in [-0.2, 0) is 47.3 Å². The van der Waals surface area contributed by atoms with Gasteiger partial charge in [0, 0.05) is 48.8 Å². The van der Waals surface area contributed by atoms with Crippen LogP contribution in [0.4, 0.5) is 0 Å². The second kappa shape index (κ2) is 17.8. The normalized spacial score (nSPS) is 13.5. The van der Waals surface area contributed by atoms with Crippen LogP contribution in [-0.4, -0.2) is 30.1 Å². The van der Waals surface area contributed by atoms with E-state index >= 15 is 0 Å². The van der Waals surface area contributed by atoms with Gasteiger partial charge in [0.1, 0.15) is 23.0 Å². The van der Waals surface area contributed by atoms with Gasteiger partial charge in [-0.2, -0.15) is 9.97 Å². The van der Waals surface area contributed by atoms with Crippen LogP contribution in [0.2, 0.25) is 0 Å². The molecule has 4 heterocycles. The number of nitrogens with zero attached hydrogens (tertiary/aromatic N) is 4. The predicted octanol–water partition coefficient (Wildman–Crippen LogP) is 15.7. The Hall–Kier alpha value is -5.40. The van der Waals surface area contributed by atoms with Crippen molar-refractivity contribution in [3.8, 4) is 54.8 Å². The second-order valence-corrected chi connectivity index (χ2v) is 25.6. The first-order valence-corrected chi connectivity index (χ1v) is 26.6. The lowest BCUT2D eigenvalue weighted by Crippen LogP contribution is -2.16. The van der Waals surface area contributed by atoms with Gasteiger partial charge >= 0.3 is 0 Å². The fourth-order valence-electron chi connectivity index (χ4n) is 8.58. The highest BCUT2D eigenvalue weighted by molar-refractivity contribution is 7.20. The van der Waals surface area contributed by atoms with Gasteiger partial charge in [-0.25, -0.2) is 9.97 Å². The highest BCUT2D eigenvalue weighted by atomic mass is 32.1. The van der Waals surface area contributed by atoms with Crippen molar-refractivity contribution in [1.82, 2.24) is 19.9 Å². The van der Waals surface area contributed by atoms with E-state index in [0.29, 0.717) is 48.9 Å². The number of rotatable bonds is 6. The van der Waals surface area contributed by atoms with Gasteiger partial charge in [0.2, 0.25) is 11.8 Å². The number of hydrogen-bond acceptors (Lipinski definition) is 12. The quantitative estimate of drug-likeness (QED) is 0.170. The molecule has 0 unspecified atom stereocenters. The zero-order valence-corrected chi connectivity index (χ0v) is 44.3. The number of fused-ring (bicyclic) bond motifs is 8. The van der Waals surface area contributed by atoms with E-state index in [2.05, 4.69) is 142 Å². The maximum atomic E-state index is 12.5. The minimum absolute atomic E-state index is 0.219. The fourth-order valence-corrected chi connectivity index (χ4v) is 11.4. The van der Waals surface area contributed by atoms with E-state index in [1.807, 2.05) is 21.5 Å². The third-order valence-electron chi connectivity index (χ3n) is 12.6. The summed E-state index contributed by atoms with van der Waals surface area (Å²) in [6.45, 7) is 26.6. The van der Waals surface area contributed by atoms with Crippen molar-refractivity contribution < 1.29 is 19.7 Å². The van der Waals surface area contributed by atoms with Crippen molar-refractivity contribution in [3.05, 3.63) is 149 Å². The molecular formula is C56H60N4O4S4. The van der Waals surface area contributed by atoms with Crippen LogP contribution in [0.15, 0.2) is 82.4 Å². The molecule has 68 heavy (non-hydrogen) atoms. The number of phenols is 2. The van der Waals surface area contributed by atoms with Crippen LogP contribution in [0.3, 0.4) is 0 Å². The summed E-state index contributed by atoms with van der Waals surface area (Å²) < 4.78 is 14.2. The van der Waals surface area contributed by atoms with Crippen molar-refractivity contribution in [2.45, 2.75) is 130 Å². The highest BCUT2D eigenvalue weighted by Gasteiger charge is 2.30. The van der Waals surface area contributed by atoms with Crippen molar-refractivity contribution >= 4 is 45.3 Å². The van der Waals surface area contributed by atoms with Crippen molar-refractivity contribution in [2.24, 2.45) is 0 Å². The molecule has 1 aliphatic carbocycles. The molecular weight excluding hydrogens is 921 g/mol. The molecule has 0 aliphatic heterocycles. The Morgan fingerprint density at radius 3 is 0.956 bits per heavy atom. The molecule has 0 saturated carbocycles. The lowest BCUT2D eigenvalue weighted by atomic mass is 9.79. The Balaban J connectivity index is 1.35. The van der Waals surface area contributed by atoms with Gasteiger partial charge in [0.15, 0.2) is 20.0 Å². The highest BCUT2D eigenvalue weighted by Crippen LogP contribution is 2.46. The Kier molecular flexibility index (Phi) is 12.5. The molecule has 8 aromatic rings. The summed E-state index contributed by atoms with van der Waals surface area (Å²) >= 11 is 6.11. The molecule has 352 valence electrons. The van der Waals surface area contributed by atoms with E-state index in [9.17, 15) is 10.2 Å². The third-order valence-corrected chi connectivity index (χ3v) is 16.1. The molecule has 12 heteroatoms. The van der Waals surface area contributed by atoms with Gasteiger partial charge in [0.05, 0.1) is 10.8 Å². The van der Waals surface area contributed by atoms with Crippen LogP contribution in [0.25, 0.3) is 20.0 Å². The summed E-state index contributed by atoms with van der Waals surface area (Å²) in [4.78, 5) is 19.0. The smallest absolute Gasteiger partial charge is 0.230 e. The van der Waals surface area contributed by atoms with Crippen molar-refractivity contribution in [2.75, 3.05) is 0 Å². The number of ether oxygens (including phenoxy) is 2. The number of aromatic hydroxyl groups is 2. The van der Waals surface area contributed by atoms with Gasteiger partial charge < -0.3 is 19.7 Å². The lowest BCUT2D eigenvalue weighted by Gasteiger charge is -2.28. The first-order chi connectivity index (χ1) is 32.0. The van der Waals surface area contributed by atoms with E-state index < -0.39 is 0 Å². The predicted molar refractivity (Wildman–Crippen MR) is 282 cm³/mol. The molecule has 0 radical (unpaired) electrons. The SMILES string of the molecule is CC(C)(C)c1cc2c(O)c(c1)Cc1cc(C(C)(C)C)cc(c1Oc1csc(-c3nccs3)n1)Cc1cc(C(C)(C)C)cc(c1Oc1csc(-c3nccs3)n1)Cc1cc(C(C)(C)C)cc(c1O)C2. The molecule has 4 aromatic heterocycles. The Morgan fingerprint density at radius 1 is 0.397 bits per heavy atom. The van der Waals surface area contributed by atoms with E-state index in [4.69, 9.17) is 19.4 Å². The van der Waals surface area contributed by atoms with Crippen molar-refractivity contribution in [3.63, 3.8) is 0 Å². The molecule has 0 saturated heterocycles. The minimum Gasteiger partial charge on any atom is -0.507 e. The van der Waals surface area contributed by atoms with E-state index in [1.165, 1.54) is 22.7 Å². The molecule has 1 aliphatic rings. The van der Waals surface area contributed by atoms with Gasteiger partial charge in [-0.05, 0) is 88.4 Å². The zero-order valence-electron chi connectivity index (χ0n) is 41.0. The van der Waals surface area contributed by atoms with Crippen LogP contribution in [0.5, 0.6) is 34.8 Å². The van der Waals surface area contributed by atoms with E-state index in [1.54, 1.807) is 35.1 Å². The number of thiazole rings is 4. The third kappa shape index (κ3) is 10.0. The maximum absolute atomic E-state index is 12.5. The average molecular weight is 981 g/mol. The number of hydrogen-bond donors (Lipinski definition) is 2. The van der Waals surface area contributed by atoms with Gasteiger partial charge in [-0.1, -0.05) is 132 Å². The first-order valence-electron chi connectivity index (χ1n) is 23.1. The lowest BCUT2D eigenvalue weighted by molar-refractivity contribution is 0.445. The molecule has 8 bridgehead atoms. The number of benzene rings is 4. The summed E-state index contributed by atoms with van der Waals surface area (Å²) in [7, 11) is 0. The zero-order chi connectivity index (χ0) is 48.5. The molecule has 9 rings (SSSR count). The van der Waals surface area contributed by atoms with Gasteiger partial charge in [-0.3, -0.25) is 0 Å². The number of phenolic OH excluding ortho intramolecular Hbond substituents is 2. The molecule has 0 fully saturated rings. The monoisotopic (exact) mass is 980 g/mol. The topological polar surface area (TPSA) is 110 Å². The Bertz CT molecular complexity index is 2930. The second-order valence-electron chi connectivity index (χ2n) is 22.1. The standard InChI is InChI=1S/C56H60N4O4S4/c1-53(2,3)39-21-31-17-32-22-40(54(4,5)6)24-34(46(32)62)19-36-26-42(56(10,11)12)28-38(48(36)64-44-30-68-52(60-44)50-58-14-16-66-50)20-37-27-41(55(7,8)9)25-35(18-33(23-39)45(31)61)47(37)63-43-29-67-51(59-43)49-57-13-15-65-49/h13-16,21-30,61-62H,17-20H2,1-12H3. The molecule has 2 N–H and O–H groups in total. The van der Waals surface area contributed by atoms with Crippen LogP contribution >= 0.6 is 45.3 Å². The largest absolute Gasteiger partial charge is 0.507 e. The summed E-state index contributed by atoms with van der Waals surface area (Å²) in [5, 5.41) is 36.1. The molecule has 0 spiro atoms. The summed E-state index contributed by atoms with van der Waals surface area (Å²) in [6.07, 6.45) is 5.11. The maximum Gasteiger partial charge on any atom is 0.230 e. The fraction of sp³-hybridized carbons (Fsp3) is 0.357. The minimum atomic E-state index is -0.239.